The van der Waals surface area contributed by atoms with Gasteiger partial charge >= 0.3 is 0 Å². The number of hydrogen-bond donors (Lipinski definition) is 0. The smallest absolute Gasteiger partial charge is 0.264 e. The molecule has 0 aliphatic carbocycles. The van der Waals surface area contributed by atoms with Crippen LogP contribution in [0, 0.1) is 5.92 Å². The highest BCUT2D eigenvalue weighted by molar-refractivity contribution is 6.04. The van der Waals surface area contributed by atoms with Crippen LogP contribution in [0.25, 0.3) is 0 Å². The maximum Gasteiger partial charge on any atom is 0.264 e. The first-order valence-electron chi connectivity index (χ1n) is 7.41. The van der Waals surface area contributed by atoms with Gasteiger partial charge in [-0.25, -0.2) is 4.98 Å². The van der Waals surface area contributed by atoms with Gasteiger partial charge in [0.25, 0.3) is 11.5 Å². The van der Waals surface area contributed by atoms with Crippen molar-refractivity contribution < 1.29 is 9.53 Å². The molecule has 0 spiro atoms. The molecular weight excluding hydrogens is 294 g/mol. The summed E-state index contributed by atoms with van der Waals surface area (Å²) in [5.41, 5.74) is -0.166. The van der Waals surface area contributed by atoms with Crippen molar-refractivity contribution in [3.05, 3.63) is 52.6 Å². The summed E-state index contributed by atoms with van der Waals surface area (Å²) in [6.07, 6.45) is 3.25. The summed E-state index contributed by atoms with van der Waals surface area (Å²) < 4.78 is 6.69. The van der Waals surface area contributed by atoms with Gasteiger partial charge in [0.15, 0.2) is 0 Å². The minimum Gasteiger partial charge on any atom is -0.497 e. The van der Waals surface area contributed by atoms with Crippen molar-refractivity contribution in [3.8, 4) is 5.75 Å². The van der Waals surface area contributed by atoms with Crippen molar-refractivity contribution >= 4 is 11.7 Å². The molecule has 2 heterocycles. The Kier molecular flexibility index (Phi) is 5.16. The largest absolute Gasteiger partial charge is 0.497 e. The lowest BCUT2D eigenvalue weighted by Crippen LogP contribution is -2.35. The van der Waals surface area contributed by atoms with E-state index in [2.05, 4.69) is 4.98 Å². The molecule has 0 fully saturated rings. The molecular formula is C17H21N3O3. The molecule has 6 heteroatoms. The Balaban J connectivity index is 2.34. The van der Waals surface area contributed by atoms with Crippen LogP contribution in [0.15, 0.2) is 41.5 Å². The van der Waals surface area contributed by atoms with E-state index < -0.39 is 5.91 Å². The number of anilines is 1. The Morgan fingerprint density at radius 3 is 2.78 bits per heavy atom. The van der Waals surface area contributed by atoms with Crippen LogP contribution in [0.4, 0.5) is 5.82 Å². The molecule has 0 bridgehead atoms. The molecule has 2 aromatic rings. The Morgan fingerprint density at radius 1 is 1.39 bits per heavy atom. The van der Waals surface area contributed by atoms with E-state index in [4.69, 9.17) is 4.74 Å². The van der Waals surface area contributed by atoms with Crippen LogP contribution >= 0.6 is 0 Å². The van der Waals surface area contributed by atoms with Crippen molar-refractivity contribution in [2.75, 3.05) is 19.1 Å². The second kappa shape index (κ2) is 7.09. The molecule has 0 saturated carbocycles. The Morgan fingerprint density at radius 2 is 2.13 bits per heavy atom. The number of carbonyl (C=O) groups excluding carboxylic acids is 1. The summed E-state index contributed by atoms with van der Waals surface area (Å²) in [5, 5.41) is 0. The number of carbonyl (C=O) groups is 1. The zero-order chi connectivity index (χ0) is 17.0. The number of rotatable bonds is 5. The third kappa shape index (κ3) is 3.77. The van der Waals surface area contributed by atoms with Crippen LogP contribution in [-0.4, -0.2) is 29.6 Å². The van der Waals surface area contributed by atoms with Gasteiger partial charge < -0.3 is 9.30 Å². The summed E-state index contributed by atoms with van der Waals surface area (Å²) in [5.74, 6) is 0.942. The first-order chi connectivity index (χ1) is 10.9. The first kappa shape index (κ1) is 16.7. The molecule has 122 valence electrons. The van der Waals surface area contributed by atoms with Gasteiger partial charge in [-0.15, -0.1) is 0 Å². The van der Waals surface area contributed by atoms with Gasteiger partial charge in [-0.05, 0) is 24.1 Å². The SMILES string of the molecule is COc1ccnc(N(C)C(=O)c2cccn(CC(C)C)c2=O)c1. The highest BCUT2D eigenvalue weighted by Crippen LogP contribution is 2.18. The fourth-order valence-corrected chi connectivity index (χ4v) is 2.23. The predicted octanol–water partition coefficient (Wildman–Crippen LogP) is 2.18. The van der Waals surface area contributed by atoms with E-state index in [1.807, 2.05) is 13.8 Å². The van der Waals surface area contributed by atoms with E-state index in [1.54, 1.807) is 49.3 Å². The zero-order valence-corrected chi connectivity index (χ0v) is 13.8. The second-order valence-electron chi connectivity index (χ2n) is 5.69. The highest BCUT2D eigenvalue weighted by Gasteiger charge is 2.19. The van der Waals surface area contributed by atoms with E-state index in [0.29, 0.717) is 24.0 Å². The maximum atomic E-state index is 12.6. The Labute approximate surface area is 135 Å². The van der Waals surface area contributed by atoms with Gasteiger partial charge in [-0.3, -0.25) is 14.5 Å². The third-order valence-electron chi connectivity index (χ3n) is 3.41. The number of nitrogens with zero attached hydrogens (tertiary/aromatic N) is 3. The molecule has 0 unspecified atom stereocenters. The number of pyridine rings is 2. The van der Waals surface area contributed by atoms with Crippen LogP contribution in [0.5, 0.6) is 5.75 Å². The second-order valence-corrected chi connectivity index (χ2v) is 5.69. The topological polar surface area (TPSA) is 64.4 Å². The Bertz CT molecular complexity index is 753. The standard InChI is InChI=1S/C17H21N3O3/c1-12(2)11-20-9-5-6-14(17(20)22)16(21)19(3)15-10-13(23-4)7-8-18-15/h5-10,12H,11H2,1-4H3. The minimum atomic E-state index is -0.395. The molecule has 2 rings (SSSR count). The van der Waals surface area contributed by atoms with Crippen LogP contribution < -0.4 is 15.2 Å². The van der Waals surface area contributed by atoms with E-state index in [0.717, 1.165) is 0 Å². The van der Waals surface area contributed by atoms with Crippen molar-refractivity contribution in [1.29, 1.82) is 0 Å². The van der Waals surface area contributed by atoms with E-state index in [9.17, 15) is 9.59 Å². The zero-order valence-electron chi connectivity index (χ0n) is 13.8. The molecule has 0 radical (unpaired) electrons. The van der Waals surface area contributed by atoms with E-state index >= 15 is 0 Å². The molecule has 0 N–H and O–H groups in total. The molecule has 23 heavy (non-hydrogen) atoms. The lowest BCUT2D eigenvalue weighted by molar-refractivity contribution is 0.0990. The normalized spacial score (nSPS) is 10.7. The van der Waals surface area contributed by atoms with Crippen molar-refractivity contribution in [3.63, 3.8) is 0 Å². The van der Waals surface area contributed by atoms with Gasteiger partial charge in [-0.1, -0.05) is 13.8 Å². The third-order valence-corrected chi connectivity index (χ3v) is 3.41. The number of methoxy groups -OCH3 is 1. The van der Waals surface area contributed by atoms with Crippen LogP contribution in [0.2, 0.25) is 0 Å². The monoisotopic (exact) mass is 315 g/mol. The van der Waals surface area contributed by atoms with Crippen molar-refractivity contribution in [2.45, 2.75) is 20.4 Å². The minimum absolute atomic E-state index is 0.125. The van der Waals surface area contributed by atoms with Gasteiger partial charge in [0.05, 0.1) is 7.11 Å². The molecule has 2 aromatic heterocycles. The van der Waals surface area contributed by atoms with E-state index in [-0.39, 0.29) is 11.1 Å². The Hall–Kier alpha value is -2.63. The lowest BCUT2D eigenvalue weighted by atomic mass is 10.2. The fraction of sp³-hybridized carbons (Fsp3) is 0.353. The summed E-state index contributed by atoms with van der Waals surface area (Å²) in [4.78, 5) is 30.6. The van der Waals surface area contributed by atoms with Gasteiger partial charge in [-0.2, -0.15) is 0 Å². The van der Waals surface area contributed by atoms with Crippen LogP contribution in [0.3, 0.4) is 0 Å². The van der Waals surface area contributed by atoms with Crippen molar-refractivity contribution in [2.24, 2.45) is 5.92 Å². The predicted molar refractivity (Wildman–Crippen MR) is 89.1 cm³/mol. The average molecular weight is 315 g/mol. The average Bonchev–Trinajstić information content (AvgIpc) is 2.55. The quantitative estimate of drug-likeness (QED) is 0.848. The molecule has 6 nitrogen and oxygen atoms in total. The molecule has 0 saturated heterocycles. The number of hydrogen-bond acceptors (Lipinski definition) is 4. The number of amides is 1. The maximum absolute atomic E-state index is 12.6. The summed E-state index contributed by atoms with van der Waals surface area (Å²) in [6.45, 7) is 4.61. The van der Waals surface area contributed by atoms with Gasteiger partial charge in [0, 0.05) is 32.1 Å². The lowest BCUT2D eigenvalue weighted by Gasteiger charge is -2.17. The van der Waals surface area contributed by atoms with Gasteiger partial charge in [0.2, 0.25) is 0 Å². The van der Waals surface area contributed by atoms with Gasteiger partial charge in [0.1, 0.15) is 17.1 Å². The highest BCUT2D eigenvalue weighted by atomic mass is 16.5. The van der Waals surface area contributed by atoms with E-state index in [1.165, 1.54) is 11.0 Å². The van der Waals surface area contributed by atoms with Crippen LogP contribution in [0.1, 0.15) is 24.2 Å². The number of ether oxygens (including phenoxy) is 1. The molecule has 0 atom stereocenters. The molecule has 1 amide bonds. The first-order valence-corrected chi connectivity index (χ1v) is 7.41. The summed E-state index contributed by atoms with van der Waals surface area (Å²) in [7, 11) is 3.13. The van der Waals surface area contributed by atoms with Crippen LogP contribution in [-0.2, 0) is 6.54 Å². The molecule has 0 aliphatic heterocycles. The molecule has 0 aliphatic rings. The number of aromatic nitrogens is 2. The summed E-state index contributed by atoms with van der Waals surface area (Å²) >= 11 is 0. The fourth-order valence-electron chi connectivity index (χ4n) is 2.23. The van der Waals surface area contributed by atoms with Crippen molar-refractivity contribution in [1.82, 2.24) is 9.55 Å². The molecule has 0 aromatic carbocycles. The summed E-state index contributed by atoms with van der Waals surface area (Å²) in [6, 6.07) is 6.59.